The number of nitriles is 2. The molecule has 0 aliphatic rings. The predicted molar refractivity (Wildman–Crippen MR) is 66.9 cm³/mol. The monoisotopic (exact) mass is 277 g/mol. The molecule has 0 N–H and O–H groups in total. The van der Waals surface area contributed by atoms with Crippen LogP contribution in [0.1, 0.15) is 12.5 Å². The molecule has 0 amide bonds. The second kappa shape index (κ2) is 5.53. The third kappa shape index (κ3) is 2.98. The van der Waals surface area contributed by atoms with Gasteiger partial charge in [-0.2, -0.15) is 10.5 Å². The van der Waals surface area contributed by atoms with E-state index in [4.69, 9.17) is 10.5 Å². The average Bonchev–Trinajstić information content (AvgIpc) is 2.28. The van der Waals surface area contributed by atoms with Gasteiger partial charge in [0.15, 0.2) is 0 Å². The Morgan fingerprint density at radius 3 is 2.69 bits per heavy atom. The molecule has 0 saturated carbocycles. The van der Waals surface area contributed by atoms with Crippen LogP contribution in [0.2, 0.25) is 0 Å². The highest BCUT2D eigenvalue weighted by Gasteiger charge is 2.10. The van der Waals surface area contributed by atoms with Crippen molar-refractivity contribution in [2.75, 3.05) is 18.5 Å². The molecule has 0 radical (unpaired) electrons. The van der Waals surface area contributed by atoms with E-state index in [2.05, 4.69) is 28.1 Å². The number of nitrogens with zero attached hydrogens (tertiary/aromatic N) is 3. The first-order valence-electron chi connectivity index (χ1n) is 4.89. The van der Waals surface area contributed by atoms with E-state index >= 15 is 0 Å². The lowest BCUT2D eigenvalue weighted by Crippen LogP contribution is -2.23. The summed E-state index contributed by atoms with van der Waals surface area (Å²) >= 11 is 3.38. The van der Waals surface area contributed by atoms with Gasteiger partial charge in [0.05, 0.1) is 23.2 Å². The highest BCUT2D eigenvalue weighted by Crippen LogP contribution is 2.24. The van der Waals surface area contributed by atoms with E-state index in [1.54, 1.807) is 6.07 Å². The maximum Gasteiger partial charge on any atom is 0.101 e. The summed E-state index contributed by atoms with van der Waals surface area (Å²) in [7, 11) is 1.89. The van der Waals surface area contributed by atoms with Gasteiger partial charge in [-0.3, -0.25) is 0 Å². The van der Waals surface area contributed by atoms with Crippen LogP contribution >= 0.6 is 15.9 Å². The number of benzene rings is 1. The lowest BCUT2D eigenvalue weighted by atomic mass is 10.1. The standard InChI is InChI=1S/C12H12BrN3/c1-9(6-14)8-16(2)12-5-11(13)4-3-10(12)7-15/h3-5,9H,8H2,1-2H3. The van der Waals surface area contributed by atoms with Crippen LogP contribution in [0.4, 0.5) is 5.69 Å². The van der Waals surface area contributed by atoms with Crippen LogP contribution in [0.3, 0.4) is 0 Å². The lowest BCUT2D eigenvalue weighted by molar-refractivity contribution is 0.716. The zero-order valence-corrected chi connectivity index (χ0v) is 10.8. The van der Waals surface area contributed by atoms with Crippen molar-refractivity contribution in [1.29, 1.82) is 10.5 Å². The smallest absolute Gasteiger partial charge is 0.101 e. The molecule has 0 saturated heterocycles. The quantitative estimate of drug-likeness (QED) is 0.854. The van der Waals surface area contributed by atoms with Crippen molar-refractivity contribution in [1.82, 2.24) is 0 Å². The van der Waals surface area contributed by atoms with Crippen molar-refractivity contribution in [3.63, 3.8) is 0 Å². The molecule has 3 nitrogen and oxygen atoms in total. The molecular formula is C12H12BrN3. The molecule has 0 spiro atoms. The molecule has 1 aromatic carbocycles. The number of anilines is 1. The molecule has 0 heterocycles. The van der Waals surface area contributed by atoms with Crippen molar-refractivity contribution in [2.24, 2.45) is 5.92 Å². The number of halogens is 1. The number of hydrogen-bond donors (Lipinski definition) is 0. The van der Waals surface area contributed by atoms with Crippen molar-refractivity contribution in [3.05, 3.63) is 28.2 Å². The fourth-order valence-electron chi connectivity index (χ4n) is 1.47. The van der Waals surface area contributed by atoms with E-state index in [0.29, 0.717) is 12.1 Å². The third-order valence-electron chi connectivity index (χ3n) is 2.26. The Kier molecular flexibility index (Phi) is 4.34. The van der Waals surface area contributed by atoms with E-state index < -0.39 is 0 Å². The zero-order valence-electron chi connectivity index (χ0n) is 9.24. The zero-order chi connectivity index (χ0) is 12.1. The van der Waals surface area contributed by atoms with Gasteiger partial charge in [-0.05, 0) is 25.1 Å². The molecule has 82 valence electrons. The van der Waals surface area contributed by atoms with Crippen LogP contribution in [0, 0.1) is 28.6 Å². The minimum absolute atomic E-state index is 0.0597. The van der Waals surface area contributed by atoms with Crippen LogP contribution < -0.4 is 4.90 Å². The van der Waals surface area contributed by atoms with E-state index in [-0.39, 0.29) is 5.92 Å². The van der Waals surface area contributed by atoms with Gasteiger partial charge in [-0.1, -0.05) is 15.9 Å². The lowest BCUT2D eigenvalue weighted by Gasteiger charge is -2.21. The first-order valence-corrected chi connectivity index (χ1v) is 5.68. The van der Waals surface area contributed by atoms with Gasteiger partial charge in [-0.25, -0.2) is 0 Å². The van der Waals surface area contributed by atoms with E-state index in [1.165, 1.54) is 0 Å². The van der Waals surface area contributed by atoms with Crippen LogP contribution in [-0.4, -0.2) is 13.6 Å². The highest BCUT2D eigenvalue weighted by molar-refractivity contribution is 9.10. The van der Waals surface area contributed by atoms with Gasteiger partial charge in [0.2, 0.25) is 0 Å². The molecule has 1 atom stereocenters. The normalized spacial score (nSPS) is 11.3. The Balaban J connectivity index is 2.99. The summed E-state index contributed by atoms with van der Waals surface area (Å²) in [6.07, 6.45) is 0. The predicted octanol–water partition coefficient (Wildman–Crippen LogP) is 2.92. The average molecular weight is 278 g/mol. The maximum atomic E-state index is 8.99. The summed E-state index contributed by atoms with van der Waals surface area (Å²) in [5.41, 5.74) is 1.47. The van der Waals surface area contributed by atoms with Crippen molar-refractivity contribution in [2.45, 2.75) is 6.92 Å². The first kappa shape index (κ1) is 12.5. The van der Waals surface area contributed by atoms with Crippen LogP contribution in [0.15, 0.2) is 22.7 Å². The van der Waals surface area contributed by atoms with Crippen molar-refractivity contribution >= 4 is 21.6 Å². The highest BCUT2D eigenvalue weighted by atomic mass is 79.9. The van der Waals surface area contributed by atoms with Crippen LogP contribution in [0.5, 0.6) is 0 Å². The fraction of sp³-hybridized carbons (Fsp3) is 0.333. The Morgan fingerprint density at radius 2 is 2.12 bits per heavy atom. The summed E-state index contributed by atoms with van der Waals surface area (Å²) in [4.78, 5) is 1.93. The molecular weight excluding hydrogens is 266 g/mol. The molecule has 16 heavy (non-hydrogen) atoms. The number of hydrogen-bond acceptors (Lipinski definition) is 3. The van der Waals surface area contributed by atoms with Gasteiger partial charge in [0, 0.05) is 18.1 Å². The van der Waals surface area contributed by atoms with Crippen LogP contribution in [0.25, 0.3) is 0 Å². The fourth-order valence-corrected chi connectivity index (χ4v) is 1.81. The summed E-state index contributed by atoms with van der Waals surface area (Å²) in [6, 6.07) is 9.83. The van der Waals surface area contributed by atoms with Crippen molar-refractivity contribution < 1.29 is 0 Å². The molecule has 0 aromatic heterocycles. The SMILES string of the molecule is CC(C#N)CN(C)c1cc(Br)ccc1C#N. The molecule has 1 rings (SSSR count). The Bertz CT molecular complexity index is 456. The minimum Gasteiger partial charge on any atom is -0.372 e. The molecule has 0 aliphatic carbocycles. The summed E-state index contributed by atoms with van der Waals surface area (Å²) in [5, 5.41) is 17.8. The van der Waals surface area contributed by atoms with Crippen LogP contribution in [-0.2, 0) is 0 Å². The molecule has 1 unspecified atom stereocenters. The first-order chi connectivity index (χ1) is 7.58. The molecule has 4 heteroatoms. The Hall–Kier alpha value is -1.52. The maximum absolute atomic E-state index is 8.99. The van der Waals surface area contributed by atoms with E-state index in [0.717, 1.165) is 10.2 Å². The van der Waals surface area contributed by atoms with E-state index in [1.807, 2.05) is 31.0 Å². The van der Waals surface area contributed by atoms with Gasteiger partial charge in [-0.15, -0.1) is 0 Å². The third-order valence-corrected chi connectivity index (χ3v) is 2.75. The van der Waals surface area contributed by atoms with Gasteiger partial charge in [0.25, 0.3) is 0 Å². The Morgan fingerprint density at radius 1 is 1.44 bits per heavy atom. The van der Waals surface area contributed by atoms with E-state index in [9.17, 15) is 0 Å². The topological polar surface area (TPSA) is 50.8 Å². The van der Waals surface area contributed by atoms with Gasteiger partial charge in [0.1, 0.15) is 6.07 Å². The second-order valence-electron chi connectivity index (χ2n) is 3.68. The minimum atomic E-state index is -0.0597. The summed E-state index contributed by atoms with van der Waals surface area (Å²) in [6.45, 7) is 2.47. The summed E-state index contributed by atoms with van der Waals surface area (Å²) < 4.78 is 0.929. The molecule has 0 aliphatic heterocycles. The van der Waals surface area contributed by atoms with Gasteiger partial charge >= 0.3 is 0 Å². The molecule has 0 bridgehead atoms. The number of rotatable bonds is 3. The summed E-state index contributed by atoms with van der Waals surface area (Å²) in [5.74, 6) is -0.0597. The Labute approximate surface area is 104 Å². The second-order valence-corrected chi connectivity index (χ2v) is 4.60. The van der Waals surface area contributed by atoms with Gasteiger partial charge < -0.3 is 4.90 Å². The van der Waals surface area contributed by atoms with Crippen molar-refractivity contribution in [3.8, 4) is 12.1 Å². The molecule has 1 aromatic rings. The largest absolute Gasteiger partial charge is 0.372 e. The molecule has 0 fully saturated rings.